The van der Waals surface area contributed by atoms with Gasteiger partial charge in [-0.2, -0.15) is 0 Å². The molecule has 4 bridgehead atoms. The molecule has 2 amide bonds. The van der Waals surface area contributed by atoms with Gasteiger partial charge >= 0.3 is 0 Å². The average molecular weight is 365 g/mol. The normalized spacial score (nSPS) is 31.2. The van der Waals surface area contributed by atoms with E-state index in [4.69, 9.17) is 0 Å². The van der Waals surface area contributed by atoms with Crippen molar-refractivity contribution in [1.29, 1.82) is 0 Å². The van der Waals surface area contributed by atoms with Crippen LogP contribution in [0.25, 0.3) is 10.9 Å². The minimum atomic E-state index is -0.188. The zero-order valence-electron chi connectivity index (χ0n) is 15.6. The summed E-state index contributed by atoms with van der Waals surface area (Å²) in [7, 11) is 0. The largest absolute Gasteiger partial charge is 0.357 e. The second-order valence-electron chi connectivity index (χ2n) is 9.04. The predicted octanol–water partition coefficient (Wildman–Crippen LogP) is 3.12. The van der Waals surface area contributed by atoms with Gasteiger partial charge in [-0.1, -0.05) is 18.2 Å². The van der Waals surface area contributed by atoms with Gasteiger partial charge in [-0.15, -0.1) is 0 Å². The number of benzene rings is 1. The first-order chi connectivity index (χ1) is 13.1. The first-order valence-electron chi connectivity index (χ1n) is 10.2. The van der Waals surface area contributed by atoms with Gasteiger partial charge in [0.1, 0.15) is 0 Å². The number of carbonyl (C=O) groups is 2. The molecule has 0 saturated heterocycles. The van der Waals surface area contributed by atoms with Crippen LogP contribution in [0.15, 0.2) is 30.3 Å². The first kappa shape index (κ1) is 16.8. The van der Waals surface area contributed by atoms with Crippen molar-refractivity contribution < 1.29 is 9.59 Å². The summed E-state index contributed by atoms with van der Waals surface area (Å²) in [5.41, 5.74) is 1.85. The third-order valence-corrected chi connectivity index (χ3v) is 6.99. The second kappa shape index (κ2) is 6.39. The average Bonchev–Trinajstić information content (AvgIpc) is 3.06. The lowest BCUT2D eigenvalue weighted by Gasteiger charge is -2.55. The van der Waals surface area contributed by atoms with Gasteiger partial charge in [-0.3, -0.25) is 9.59 Å². The molecule has 142 valence electrons. The van der Waals surface area contributed by atoms with E-state index in [-0.39, 0.29) is 23.8 Å². The number of nitrogens with one attached hydrogen (secondary N) is 3. The van der Waals surface area contributed by atoms with Gasteiger partial charge in [0.25, 0.3) is 0 Å². The Balaban J connectivity index is 1.14. The Morgan fingerprint density at radius 3 is 2.33 bits per heavy atom. The van der Waals surface area contributed by atoms with Gasteiger partial charge in [-0.25, -0.2) is 0 Å². The van der Waals surface area contributed by atoms with Crippen molar-refractivity contribution in [3.63, 3.8) is 0 Å². The number of hydrogen-bond donors (Lipinski definition) is 3. The summed E-state index contributed by atoms with van der Waals surface area (Å²) in [4.78, 5) is 28.4. The maximum Gasteiger partial charge on any atom is 0.239 e. The Labute approximate surface area is 159 Å². The molecule has 0 spiro atoms. The number of amides is 2. The fourth-order valence-corrected chi connectivity index (χ4v) is 6.22. The van der Waals surface area contributed by atoms with Gasteiger partial charge in [0, 0.05) is 16.6 Å². The standard InChI is InChI=1S/C22H27N3O2/c26-20(23-12-18-8-17-3-1-2-4-19(17)25-18)13-24-21(27)22-9-14-5-15(10-22)7-16(6-14)11-22/h1-4,8,14-16,25H,5-7,9-13H2,(H,23,26)(H,24,27). The lowest BCUT2D eigenvalue weighted by Crippen LogP contribution is -2.54. The van der Waals surface area contributed by atoms with Crippen LogP contribution in [0.5, 0.6) is 0 Å². The lowest BCUT2D eigenvalue weighted by atomic mass is 9.49. The van der Waals surface area contributed by atoms with E-state index in [1.807, 2.05) is 30.3 Å². The van der Waals surface area contributed by atoms with Crippen molar-refractivity contribution in [2.75, 3.05) is 6.54 Å². The molecule has 4 fully saturated rings. The topological polar surface area (TPSA) is 74.0 Å². The number of fused-ring (bicyclic) bond motifs is 1. The highest BCUT2D eigenvalue weighted by Gasteiger charge is 2.54. The van der Waals surface area contributed by atoms with Gasteiger partial charge in [0.05, 0.1) is 13.1 Å². The molecule has 1 aromatic heterocycles. The van der Waals surface area contributed by atoms with Crippen LogP contribution in [0.2, 0.25) is 0 Å². The van der Waals surface area contributed by atoms with Crippen molar-refractivity contribution in [3.05, 3.63) is 36.0 Å². The molecule has 5 heteroatoms. The van der Waals surface area contributed by atoms with Crippen LogP contribution in [0, 0.1) is 23.2 Å². The van der Waals surface area contributed by atoms with Crippen molar-refractivity contribution in [2.24, 2.45) is 23.2 Å². The molecule has 1 heterocycles. The van der Waals surface area contributed by atoms with E-state index in [2.05, 4.69) is 15.6 Å². The lowest BCUT2D eigenvalue weighted by molar-refractivity contribution is -0.147. The molecule has 4 saturated carbocycles. The molecular formula is C22H27N3O2. The SMILES string of the molecule is O=C(CNC(=O)C12CC3CC(CC(C3)C1)C2)NCc1cc2ccccc2[nH]1. The fraction of sp³-hybridized carbons (Fsp3) is 0.545. The van der Waals surface area contributed by atoms with E-state index in [1.54, 1.807) is 0 Å². The van der Waals surface area contributed by atoms with Crippen LogP contribution >= 0.6 is 0 Å². The first-order valence-corrected chi connectivity index (χ1v) is 10.2. The monoisotopic (exact) mass is 365 g/mol. The quantitative estimate of drug-likeness (QED) is 0.762. The number of H-pyrrole nitrogens is 1. The molecular weight excluding hydrogens is 338 g/mol. The Kier molecular flexibility index (Phi) is 3.99. The molecule has 0 unspecified atom stereocenters. The van der Waals surface area contributed by atoms with Gasteiger partial charge in [0.15, 0.2) is 0 Å². The Morgan fingerprint density at radius 2 is 1.67 bits per heavy atom. The zero-order chi connectivity index (χ0) is 18.4. The van der Waals surface area contributed by atoms with Crippen molar-refractivity contribution >= 4 is 22.7 Å². The van der Waals surface area contributed by atoms with Crippen molar-refractivity contribution in [1.82, 2.24) is 15.6 Å². The molecule has 0 radical (unpaired) electrons. The third kappa shape index (κ3) is 3.13. The second-order valence-corrected chi connectivity index (χ2v) is 9.04. The molecule has 2 aromatic rings. The molecule has 6 rings (SSSR count). The summed E-state index contributed by atoms with van der Waals surface area (Å²) < 4.78 is 0. The maximum absolute atomic E-state index is 12.9. The van der Waals surface area contributed by atoms with E-state index in [9.17, 15) is 9.59 Å². The van der Waals surface area contributed by atoms with Crippen LogP contribution < -0.4 is 10.6 Å². The van der Waals surface area contributed by atoms with Gasteiger partial charge in [0.2, 0.25) is 11.8 Å². The number of aromatic nitrogens is 1. The maximum atomic E-state index is 12.9. The minimum Gasteiger partial charge on any atom is -0.357 e. The summed E-state index contributed by atoms with van der Waals surface area (Å²) in [5.74, 6) is 2.18. The number of aromatic amines is 1. The molecule has 5 nitrogen and oxygen atoms in total. The summed E-state index contributed by atoms with van der Waals surface area (Å²) in [6, 6.07) is 10.1. The van der Waals surface area contributed by atoms with Gasteiger partial charge in [-0.05, 0) is 73.8 Å². The smallest absolute Gasteiger partial charge is 0.239 e. The summed E-state index contributed by atoms with van der Waals surface area (Å²) in [6.07, 6.45) is 7.04. The molecule has 0 aliphatic heterocycles. The molecule has 0 atom stereocenters. The highest BCUT2D eigenvalue weighted by atomic mass is 16.2. The minimum absolute atomic E-state index is 0.0702. The van der Waals surface area contributed by atoms with E-state index < -0.39 is 0 Å². The molecule has 1 aromatic carbocycles. The van der Waals surface area contributed by atoms with Crippen molar-refractivity contribution in [2.45, 2.75) is 45.1 Å². The van der Waals surface area contributed by atoms with Crippen LogP contribution in [0.4, 0.5) is 0 Å². The Morgan fingerprint density at radius 1 is 1.00 bits per heavy atom. The van der Waals surface area contributed by atoms with Crippen molar-refractivity contribution in [3.8, 4) is 0 Å². The summed E-state index contributed by atoms with van der Waals surface area (Å²) in [5, 5.41) is 6.98. The fourth-order valence-electron chi connectivity index (χ4n) is 6.22. The van der Waals surface area contributed by atoms with E-state index >= 15 is 0 Å². The number of hydrogen-bond acceptors (Lipinski definition) is 2. The number of para-hydroxylation sites is 1. The number of carbonyl (C=O) groups excluding carboxylic acids is 2. The summed E-state index contributed by atoms with van der Waals surface area (Å²) in [6.45, 7) is 0.515. The molecule has 4 aliphatic carbocycles. The molecule has 4 aliphatic rings. The van der Waals surface area contributed by atoms with Gasteiger partial charge < -0.3 is 15.6 Å². The van der Waals surface area contributed by atoms with Crippen LogP contribution in [-0.4, -0.2) is 23.3 Å². The third-order valence-electron chi connectivity index (χ3n) is 6.99. The van der Waals surface area contributed by atoms with Crippen LogP contribution in [-0.2, 0) is 16.1 Å². The predicted molar refractivity (Wildman–Crippen MR) is 104 cm³/mol. The summed E-state index contributed by atoms with van der Waals surface area (Å²) >= 11 is 0. The van der Waals surface area contributed by atoms with E-state index in [0.29, 0.717) is 6.54 Å². The molecule has 27 heavy (non-hydrogen) atoms. The van der Waals surface area contributed by atoms with Crippen LogP contribution in [0.3, 0.4) is 0 Å². The Hall–Kier alpha value is -2.30. The highest BCUT2D eigenvalue weighted by Crippen LogP contribution is 2.60. The number of rotatable bonds is 5. The highest BCUT2D eigenvalue weighted by molar-refractivity contribution is 5.88. The Bertz CT molecular complexity index is 816. The van der Waals surface area contributed by atoms with Crippen LogP contribution in [0.1, 0.15) is 44.2 Å². The molecule has 3 N–H and O–H groups in total. The van der Waals surface area contributed by atoms with E-state index in [1.165, 1.54) is 19.3 Å². The zero-order valence-corrected chi connectivity index (χ0v) is 15.6. The van der Waals surface area contributed by atoms with E-state index in [0.717, 1.165) is 53.6 Å².